The molecule has 1 aromatic carbocycles. The molecular formula is C13H12F3NO3. The summed E-state index contributed by atoms with van der Waals surface area (Å²) in [4.78, 5) is 15.6. The Kier molecular flexibility index (Phi) is 3.96. The first kappa shape index (κ1) is 14.4. The average Bonchev–Trinajstić information content (AvgIpc) is 2.36. The molecule has 0 spiro atoms. The molecule has 0 N–H and O–H groups in total. The molecule has 0 bridgehead atoms. The maximum Gasteiger partial charge on any atom is 0.573 e. The molecule has 0 aromatic heterocycles. The SMILES string of the molecule is CCOC(=O)C1C=Nc2cc(OC(F)(F)F)ccc2C1. The number of carbonyl (C=O) groups is 1. The molecule has 2 rings (SSSR count). The van der Waals surface area contributed by atoms with Gasteiger partial charge in [-0.3, -0.25) is 9.79 Å². The van der Waals surface area contributed by atoms with Crippen LogP contribution in [0.4, 0.5) is 18.9 Å². The Morgan fingerprint density at radius 3 is 2.85 bits per heavy atom. The number of nitrogens with zero attached hydrogens (tertiary/aromatic N) is 1. The summed E-state index contributed by atoms with van der Waals surface area (Å²) in [6.45, 7) is 1.97. The molecule has 108 valence electrons. The molecule has 1 aliphatic heterocycles. The van der Waals surface area contributed by atoms with Gasteiger partial charge in [0.25, 0.3) is 0 Å². The van der Waals surface area contributed by atoms with Crippen molar-refractivity contribution in [3.05, 3.63) is 23.8 Å². The zero-order valence-electron chi connectivity index (χ0n) is 10.6. The van der Waals surface area contributed by atoms with Gasteiger partial charge in [-0.05, 0) is 25.0 Å². The Hall–Kier alpha value is -2.05. The molecule has 0 aliphatic carbocycles. The maximum atomic E-state index is 12.1. The van der Waals surface area contributed by atoms with E-state index in [1.165, 1.54) is 24.4 Å². The van der Waals surface area contributed by atoms with Gasteiger partial charge in [-0.1, -0.05) is 6.07 Å². The molecule has 1 aromatic rings. The fourth-order valence-corrected chi connectivity index (χ4v) is 1.89. The Morgan fingerprint density at radius 1 is 1.45 bits per heavy atom. The number of hydrogen-bond donors (Lipinski definition) is 0. The number of rotatable bonds is 3. The van der Waals surface area contributed by atoms with E-state index in [1.54, 1.807) is 6.92 Å². The van der Waals surface area contributed by atoms with E-state index < -0.39 is 18.2 Å². The van der Waals surface area contributed by atoms with Crippen molar-refractivity contribution in [1.29, 1.82) is 0 Å². The lowest BCUT2D eigenvalue weighted by atomic mass is 9.96. The number of fused-ring (bicyclic) bond motifs is 1. The highest BCUT2D eigenvalue weighted by Gasteiger charge is 2.31. The van der Waals surface area contributed by atoms with Gasteiger partial charge in [-0.25, -0.2) is 0 Å². The number of benzene rings is 1. The van der Waals surface area contributed by atoms with Crippen LogP contribution in [0.5, 0.6) is 5.75 Å². The van der Waals surface area contributed by atoms with Gasteiger partial charge in [0.05, 0.1) is 18.2 Å². The minimum Gasteiger partial charge on any atom is -0.465 e. The highest BCUT2D eigenvalue weighted by Crippen LogP contribution is 2.32. The van der Waals surface area contributed by atoms with E-state index in [0.717, 1.165) is 0 Å². The molecule has 1 atom stereocenters. The second kappa shape index (κ2) is 5.52. The third-order valence-electron chi connectivity index (χ3n) is 2.71. The number of esters is 1. The van der Waals surface area contributed by atoms with Crippen LogP contribution in [0, 0.1) is 5.92 Å². The van der Waals surface area contributed by atoms with E-state index in [2.05, 4.69) is 9.73 Å². The second-order valence-corrected chi connectivity index (χ2v) is 4.18. The number of alkyl halides is 3. The normalized spacial score (nSPS) is 17.5. The number of halogens is 3. The summed E-state index contributed by atoms with van der Waals surface area (Å²) in [7, 11) is 0. The van der Waals surface area contributed by atoms with Crippen LogP contribution in [-0.2, 0) is 16.0 Å². The summed E-state index contributed by atoms with van der Waals surface area (Å²) in [5, 5.41) is 0. The molecule has 20 heavy (non-hydrogen) atoms. The molecule has 1 unspecified atom stereocenters. The van der Waals surface area contributed by atoms with Crippen LogP contribution in [0.1, 0.15) is 12.5 Å². The van der Waals surface area contributed by atoms with Gasteiger partial charge in [0.2, 0.25) is 0 Å². The highest BCUT2D eigenvalue weighted by atomic mass is 19.4. The zero-order chi connectivity index (χ0) is 14.8. The van der Waals surface area contributed by atoms with Crippen molar-refractivity contribution in [2.24, 2.45) is 10.9 Å². The number of ether oxygens (including phenoxy) is 2. The quantitative estimate of drug-likeness (QED) is 0.803. The van der Waals surface area contributed by atoms with Crippen LogP contribution in [0.15, 0.2) is 23.2 Å². The summed E-state index contributed by atoms with van der Waals surface area (Å²) >= 11 is 0. The summed E-state index contributed by atoms with van der Waals surface area (Å²) < 4.78 is 45.0. The summed E-state index contributed by atoms with van der Waals surface area (Å²) in [6, 6.07) is 3.87. The number of carbonyl (C=O) groups excluding carboxylic acids is 1. The standard InChI is InChI=1S/C13H12F3NO3/c1-2-19-12(18)9-5-8-3-4-10(20-13(14,15)16)6-11(8)17-7-9/h3-4,6-7,9H,2,5H2,1H3. The Labute approximate surface area is 113 Å². The largest absolute Gasteiger partial charge is 0.573 e. The Balaban J connectivity index is 2.14. The van der Waals surface area contributed by atoms with E-state index in [1.807, 2.05) is 0 Å². The van der Waals surface area contributed by atoms with Crippen molar-refractivity contribution in [2.75, 3.05) is 6.61 Å². The highest BCUT2D eigenvalue weighted by molar-refractivity contribution is 5.92. The summed E-state index contributed by atoms with van der Waals surface area (Å²) in [5.41, 5.74) is 1.05. The minimum atomic E-state index is -4.74. The predicted octanol–water partition coefficient (Wildman–Crippen LogP) is 3.02. The van der Waals surface area contributed by atoms with Gasteiger partial charge in [0.1, 0.15) is 5.75 Å². The average molecular weight is 287 g/mol. The first-order valence-corrected chi connectivity index (χ1v) is 5.98. The number of hydrogen-bond acceptors (Lipinski definition) is 4. The zero-order valence-corrected chi connectivity index (χ0v) is 10.6. The molecule has 1 heterocycles. The first-order chi connectivity index (χ1) is 9.39. The van der Waals surface area contributed by atoms with E-state index in [9.17, 15) is 18.0 Å². The molecular weight excluding hydrogens is 275 g/mol. The summed E-state index contributed by atoms with van der Waals surface area (Å²) in [6.07, 6.45) is -3.00. The van der Waals surface area contributed by atoms with Crippen LogP contribution in [0.2, 0.25) is 0 Å². The lowest BCUT2D eigenvalue weighted by molar-refractivity contribution is -0.274. The van der Waals surface area contributed by atoms with E-state index >= 15 is 0 Å². The molecule has 4 nitrogen and oxygen atoms in total. The Bertz CT molecular complexity index is 540. The van der Waals surface area contributed by atoms with Crippen LogP contribution in [0.25, 0.3) is 0 Å². The van der Waals surface area contributed by atoms with Crippen molar-refractivity contribution in [3.8, 4) is 5.75 Å². The van der Waals surface area contributed by atoms with Crippen molar-refractivity contribution < 1.29 is 27.4 Å². The van der Waals surface area contributed by atoms with Crippen LogP contribution in [0.3, 0.4) is 0 Å². The van der Waals surface area contributed by atoms with Gasteiger partial charge in [0, 0.05) is 12.3 Å². The fraction of sp³-hybridized carbons (Fsp3) is 0.385. The molecule has 0 saturated carbocycles. The van der Waals surface area contributed by atoms with Crippen LogP contribution >= 0.6 is 0 Å². The minimum absolute atomic E-state index is 0.272. The summed E-state index contributed by atoms with van der Waals surface area (Å²) in [5.74, 6) is -1.22. The van der Waals surface area contributed by atoms with Gasteiger partial charge in [-0.15, -0.1) is 13.2 Å². The molecule has 0 fully saturated rings. The monoisotopic (exact) mass is 287 g/mol. The van der Waals surface area contributed by atoms with Crippen molar-refractivity contribution in [3.63, 3.8) is 0 Å². The number of aliphatic imine (C=N–C) groups is 1. The van der Waals surface area contributed by atoms with Crippen LogP contribution < -0.4 is 4.74 Å². The van der Waals surface area contributed by atoms with E-state index in [-0.39, 0.29) is 12.4 Å². The molecule has 7 heteroatoms. The second-order valence-electron chi connectivity index (χ2n) is 4.18. The van der Waals surface area contributed by atoms with Gasteiger partial charge >= 0.3 is 12.3 Å². The third kappa shape index (κ3) is 3.49. The first-order valence-electron chi connectivity index (χ1n) is 5.98. The third-order valence-corrected chi connectivity index (χ3v) is 2.71. The van der Waals surface area contributed by atoms with E-state index in [0.29, 0.717) is 17.7 Å². The van der Waals surface area contributed by atoms with Gasteiger partial charge < -0.3 is 9.47 Å². The van der Waals surface area contributed by atoms with Gasteiger partial charge in [0.15, 0.2) is 0 Å². The van der Waals surface area contributed by atoms with E-state index in [4.69, 9.17) is 4.74 Å². The fourth-order valence-electron chi connectivity index (χ4n) is 1.89. The molecule has 0 saturated heterocycles. The molecule has 1 aliphatic rings. The van der Waals surface area contributed by atoms with Crippen molar-refractivity contribution >= 4 is 17.9 Å². The van der Waals surface area contributed by atoms with Crippen molar-refractivity contribution in [1.82, 2.24) is 0 Å². The smallest absolute Gasteiger partial charge is 0.465 e. The lowest BCUT2D eigenvalue weighted by Crippen LogP contribution is -2.23. The van der Waals surface area contributed by atoms with Gasteiger partial charge in [-0.2, -0.15) is 0 Å². The Morgan fingerprint density at radius 2 is 2.20 bits per heavy atom. The van der Waals surface area contributed by atoms with Crippen LogP contribution in [-0.4, -0.2) is 25.2 Å². The van der Waals surface area contributed by atoms with Crippen molar-refractivity contribution in [2.45, 2.75) is 19.7 Å². The topological polar surface area (TPSA) is 47.9 Å². The lowest BCUT2D eigenvalue weighted by Gasteiger charge is -2.18. The molecule has 0 radical (unpaired) electrons. The molecule has 0 amide bonds. The maximum absolute atomic E-state index is 12.1. The predicted molar refractivity (Wildman–Crippen MR) is 65.1 cm³/mol.